The molecule has 0 spiro atoms. The van der Waals surface area contributed by atoms with Crippen molar-refractivity contribution < 1.29 is 9.59 Å². The first-order valence-corrected chi connectivity index (χ1v) is 18.8. The molecule has 3 saturated heterocycles. The highest BCUT2D eigenvalue weighted by Gasteiger charge is 2.38. The maximum Gasteiger partial charge on any atom is 0.314 e. The van der Waals surface area contributed by atoms with Gasteiger partial charge in [-0.3, -0.25) is 19.6 Å². The van der Waals surface area contributed by atoms with Crippen molar-refractivity contribution in [3.8, 4) is 0 Å². The van der Waals surface area contributed by atoms with Crippen LogP contribution in [0.1, 0.15) is 66.1 Å². The van der Waals surface area contributed by atoms with E-state index < -0.39 is 0 Å². The van der Waals surface area contributed by atoms with Crippen LogP contribution in [0.25, 0.3) is 0 Å². The fraction of sp³-hybridized carbons (Fsp3) is 0.500. The molecule has 8 nitrogen and oxygen atoms in total. The lowest BCUT2D eigenvalue weighted by molar-refractivity contribution is -0.138. The minimum Gasteiger partial charge on any atom is -0.351 e. The van der Waals surface area contributed by atoms with E-state index in [1.165, 1.54) is 27.9 Å². The number of primary amides is 1. The Hall–Kier alpha value is -2.98. The summed E-state index contributed by atoms with van der Waals surface area (Å²) in [6, 6.07) is 19.6. The molecule has 0 saturated carbocycles. The van der Waals surface area contributed by atoms with Crippen molar-refractivity contribution in [3.05, 3.63) is 98.2 Å². The van der Waals surface area contributed by atoms with Gasteiger partial charge in [0.2, 0.25) is 5.91 Å². The Kier molecular flexibility index (Phi) is 10.4. The third-order valence-electron chi connectivity index (χ3n) is 11.2. The van der Waals surface area contributed by atoms with Gasteiger partial charge in [-0.25, -0.2) is 4.79 Å². The van der Waals surface area contributed by atoms with Crippen molar-refractivity contribution in [1.29, 1.82) is 0 Å². The molecular weight excluding hydrogens is 688 g/mol. The molecule has 2 atom stereocenters. The van der Waals surface area contributed by atoms with Crippen LogP contribution in [0.3, 0.4) is 0 Å². The Balaban J connectivity index is 1.04. The number of amides is 3. The molecule has 254 valence electrons. The summed E-state index contributed by atoms with van der Waals surface area (Å²) in [5.41, 5.74) is 11.9. The number of nitrogens with zero attached hydrogens (tertiary/aromatic N) is 5. The summed E-state index contributed by atoms with van der Waals surface area (Å²) < 4.78 is 1.03. The van der Waals surface area contributed by atoms with Gasteiger partial charge in [0.15, 0.2) is 0 Å². The van der Waals surface area contributed by atoms with Gasteiger partial charge in [-0.1, -0.05) is 48.0 Å². The van der Waals surface area contributed by atoms with Crippen LogP contribution < -0.4 is 5.73 Å². The number of likely N-dealkylation sites (tertiary alicyclic amines) is 2. The van der Waals surface area contributed by atoms with E-state index in [4.69, 9.17) is 22.3 Å². The number of nitrogens with two attached hydrogens (primary N) is 1. The highest BCUT2D eigenvalue weighted by molar-refractivity contribution is 9.10. The molecule has 3 aliphatic heterocycles. The number of urea groups is 1. The van der Waals surface area contributed by atoms with E-state index in [0.29, 0.717) is 31.5 Å². The number of pyridine rings is 1. The van der Waals surface area contributed by atoms with Crippen molar-refractivity contribution in [3.63, 3.8) is 0 Å². The molecule has 3 amide bonds. The number of carbonyl (C=O) groups excluding carboxylic acids is 2. The van der Waals surface area contributed by atoms with Crippen molar-refractivity contribution >= 4 is 39.5 Å². The largest absolute Gasteiger partial charge is 0.351 e. The average molecular weight is 734 g/mol. The molecule has 4 heterocycles. The third kappa shape index (κ3) is 7.44. The number of halogens is 2. The van der Waals surface area contributed by atoms with E-state index in [1.807, 2.05) is 12.3 Å². The highest BCUT2D eigenvalue weighted by Crippen LogP contribution is 2.39. The molecular formula is C38H46BrClN6O2. The molecule has 2 N–H and O–H groups in total. The molecule has 0 bridgehead atoms. The van der Waals surface area contributed by atoms with Crippen LogP contribution in [0, 0.1) is 5.92 Å². The molecule has 10 heteroatoms. The summed E-state index contributed by atoms with van der Waals surface area (Å²) >= 11 is 10.1. The number of rotatable bonds is 6. The van der Waals surface area contributed by atoms with Gasteiger partial charge in [0.05, 0.1) is 11.7 Å². The number of hydrogen-bond donors (Lipinski definition) is 1. The van der Waals surface area contributed by atoms with Gasteiger partial charge in [-0.15, -0.1) is 0 Å². The first kappa shape index (κ1) is 33.5. The van der Waals surface area contributed by atoms with E-state index in [2.05, 4.69) is 79.2 Å². The number of piperazine rings is 1. The Bertz CT molecular complexity index is 1550. The lowest BCUT2D eigenvalue weighted by Gasteiger charge is -2.48. The smallest absolute Gasteiger partial charge is 0.314 e. The van der Waals surface area contributed by atoms with Crippen LogP contribution in [0.2, 0.25) is 5.02 Å². The van der Waals surface area contributed by atoms with Crippen LogP contribution >= 0.6 is 27.5 Å². The summed E-state index contributed by atoms with van der Waals surface area (Å²) in [7, 11) is 0. The highest BCUT2D eigenvalue weighted by atomic mass is 79.9. The summed E-state index contributed by atoms with van der Waals surface area (Å²) in [6.07, 6.45) is 9.14. The molecule has 4 aliphatic rings. The minimum absolute atomic E-state index is 0.124. The summed E-state index contributed by atoms with van der Waals surface area (Å²) in [6.45, 7) is 5.86. The molecule has 2 aromatic carbocycles. The lowest BCUT2D eigenvalue weighted by atomic mass is 9.91. The Morgan fingerprint density at radius 1 is 0.875 bits per heavy atom. The number of hydrogen-bond acceptors (Lipinski definition) is 5. The van der Waals surface area contributed by atoms with Crippen LogP contribution in [-0.2, 0) is 24.1 Å². The minimum atomic E-state index is -0.358. The van der Waals surface area contributed by atoms with Crippen molar-refractivity contribution in [2.24, 2.45) is 11.7 Å². The topological polar surface area (TPSA) is 86.0 Å². The molecule has 2 unspecified atom stereocenters. The van der Waals surface area contributed by atoms with Crippen LogP contribution in [0.4, 0.5) is 4.79 Å². The number of piperidine rings is 2. The van der Waals surface area contributed by atoms with E-state index >= 15 is 0 Å². The third-order valence-corrected chi connectivity index (χ3v) is 11.9. The van der Waals surface area contributed by atoms with Gasteiger partial charge in [-0.2, -0.15) is 0 Å². The maximum atomic E-state index is 13.8. The van der Waals surface area contributed by atoms with Crippen LogP contribution in [0.15, 0.2) is 65.3 Å². The number of fused-ring (bicyclic) bond motifs is 2. The molecule has 1 aromatic heterocycles. The fourth-order valence-corrected chi connectivity index (χ4v) is 9.19. The second-order valence-corrected chi connectivity index (χ2v) is 15.5. The van der Waals surface area contributed by atoms with E-state index in [-0.39, 0.29) is 24.0 Å². The van der Waals surface area contributed by atoms with Crippen LogP contribution in [0.5, 0.6) is 0 Å². The first-order chi connectivity index (χ1) is 23.3. The predicted molar refractivity (Wildman–Crippen MR) is 193 cm³/mol. The monoisotopic (exact) mass is 732 g/mol. The molecule has 0 radical (unpaired) electrons. The molecule has 7 rings (SSSR count). The van der Waals surface area contributed by atoms with Crippen molar-refractivity contribution in [1.82, 2.24) is 24.6 Å². The predicted octanol–water partition coefficient (Wildman–Crippen LogP) is 6.09. The number of carbonyl (C=O) groups is 2. The standard InChI is InChI=1S/C38H46BrClN6O2/c39-30-22-29-7-6-28-23-31(40)8-9-34(28)37(36(29)42-24-30)43-16-12-32(13-17-43)45-18-19-46(33(25-45)20-26-4-2-1-3-5-26)35(47)21-27-10-14-44(15-11-27)38(41)48/h1-5,8-9,22-24,27,32-33,37H,6-7,10-21,25H2,(H2,41,48). The molecule has 3 fully saturated rings. The summed E-state index contributed by atoms with van der Waals surface area (Å²) in [5, 5.41) is 0.794. The first-order valence-electron chi connectivity index (χ1n) is 17.6. The molecule has 48 heavy (non-hydrogen) atoms. The van der Waals surface area contributed by atoms with Crippen molar-refractivity contribution in [2.45, 2.75) is 69.5 Å². The molecule has 1 aliphatic carbocycles. The van der Waals surface area contributed by atoms with Gasteiger partial charge >= 0.3 is 6.03 Å². The van der Waals surface area contributed by atoms with Gasteiger partial charge in [-0.05, 0) is 107 Å². The average Bonchev–Trinajstić information content (AvgIpc) is 3.25. The maximum absolute atomic E-state index is 13.8. The van der Waals surface area contributed by atoms with E-state index in [1.54, 1.807) is 4.90 Å². The fourth-order valence-electron chi connectivity index (χ4n) is 8.61. The normalized spacial score (nSPS) is 23.0. The van der Waals surface area contributed by atoms with Gasteiger partial charge in [0.1, 0.15) is 0 Å². The van der Waals surface area contributed by atoms with E-state index in [9.17, 15) is 9.59 Å². The molecule has 3 aromatic rings. The second-order valence-electron chi connectivity index (χ2n) is 14.1. The Morgan fingerprint density at radius 3 is 2.38 bits per heavy atom. The number of aromatic nitrogens is 1. The number of benzene rings is 2. The van der Waals surface area contributed by atoms with E-state index in [0.717, 1.165) is 87.2 Å². The lowest BCUT2D eigenvalue weighted by Crippen LogP contribution is -2.59. The number of aryl methyl sites for hydroxylation is 2. The Morgan fingerprint density at radius 2 is 1.62 bits per heavy atom. The zero-order valence-electron chi connectivity index (χ0n) is 27.6. The zero-order chi connectivity index (χ0) is 33.2. The van der Waals surface area contributed by atoms with Gasteiger partial charge in [0, 0.05) is 80.0 Å². The second kappa shape index (κ2) is 14.9. The quantitative estimate of drug-likeness (QED) is 0.332. The van der Waals surface area contributed by atoms with Crippen molar-refractivity contribution in [2.75, 3.05) is 45.8 Å². The Labute approximate surface area is 297 Å². The summed E-state index contributed by atoms with van der Waals surface area (Å²) in [5.74, 6) is 0.562. The van der Waals surface area contributed by atoms with Crippen LogP contribution in [-0.4, -0.2) is 94.4 Å². The summed E-state index contributed by atoms with van der Waals surface area (Å²) in [4.78, 5) is 39.6. The SMILES string of the molecule is NC(=O)N1CCC(CC(=O)N2CCN(C3CCN(C4c5ccc(Cl)cc5CCc5cc(Br)cnc54)CC3)CC2Cc2ccccc2)CC1. The van der Waals surface area contributed by atoms with Gasteiger partial charge in [0.25, 0.3) is 0 Å². The van der Waals surface area contributed by atoms with Gasteiger partial charge < -0.3 is 15.5 Å². The zero-order valence-corrected chi connectivity index (χ0v) is 29.9.